The van der Waals surface area contributed by atoms with Crippen LogP contribution in [0.4, 0.5) is 15.3 Å². The van der Waals surface area contributed by atoms with Gasteiger partial charge >= 0.3 is 23.8 Å². The van der Waals surface area contributed by atoms with Crippen LogP contribution in [0.25, 0.3) is 11.1 Å². The van der Waals surface area contributed by atoms with Crippen LogP contribution in [0.1, 0.15) is 42.4 Å². The average molecular weight is 732 g/mol. The Labute approximate surface area is 308 Å². The van der Waals surface area contributed by atoms with Gasteiger partial charge in [0, 0.05) is 90.1 Å². The Bertz CT molecular complexity index is 1900. The molecule has 0 radical (unpaired) electrons. The number of aromatic nitrogens is 1. The molecule has 284 valence electrons. The lowest BCUT2D eigenvalue weighted by Gasteiger charge is -2.43. The van der Waals surface area contributed by atoms with Gasteiger partial charge in [0.2, 0.25) is 0 Å². The zero-order valence-electron chi connectivity index (χ0n) is 30.5. The van der Waals surface area contributed by atoms with Crippen molar-refractivity contribution in [2.24, 2.45) is 7.05 Å². The molecule has 0 unspecified atom stereocenters. The maximum Gasteiger partial charge on any atom is 0.419 e. The van der Waals surface area contributed by atoms with Crippen molar-refractivity contribution >= 4 is 40.8 Å². The van der Waals surface area contributed by atoms with Gasteiger partial charge in [0.25, 0.3) is 5.91 Å². The first-order valence-corrected chi connectivity index (χ1v) is 18.7. The van der Waals surface area contributed by atoms with Gasteiger partial charge in [0.15, 0.2) is 11.7 Å². The third-order valence-electron chi connectivity index (χ3n) is 11.4. The van der Waals surface area contributed by atoms with Crippen LogP contribution in [0.3, 0.4) is 0 Å². The number of ether oxygens (including phenoxy) is 1. The molecule has 7 rings (SSSR count). The van der Waals surface area contributed by atoms with E-state index in [9.17, 15) is 24.0 Å². The van der Waals surface area contributed by atoms with Gasteiger partial charge < -0.3 is 34.3 Å². The molecule has 3 saturated heterocycles. The summed E-state index contributed by atoms with van der Waals surface area (Å²) >= 11 is 0. The van der Waals surface area contributed by atoms with Crippen LogP contribution in [0.15, 0.2) is 45.6 Å². The number of piperazine rings is 1. The van der Waals surface area contributed by atoms with Gasteiger partial charge in [-0.15, -0.1) is 0 Å². The minimum atomic E-state index is -1.09. The molecule has 53 heavy (non-hydrogen) atoms. The smallest absolute Gasteiger partial charge is 0.419 e. The van der Waals surface area contributed by atoms with Crippen LogP contribution in [0.2, 0.25) is 0 Å². The fourth-order valence-electron chi connectivity index (χ4n) is 8.53. The van der Waals surface area contributed by atoms with Crippen molar-refractivity contribution in [3.05, 3.63) is 63.6 Å². The highest BCUT2D eigenvalue weighted by Gasteiger charge is 2.36. The summed E-state index contributed by atoms with van der Waals surface area (Å²) in [6.45, 7) is 7.11. The van der Waals surface area contributed by atoms with Crippen LogP contribution in [-0.2, 0) is 34.2 Å². The molecule has 3 fully saturated rings. The molecule has 5 heterocycles. The van der Waals surface area contributed by atoms with Crippen molar-refractivity contribution in [2.75, 3.05) is 70.8 Å². The number of oxazole rings is 1. The number of fused-ring (bicyclic) bond motifs is 2. The Hall–Kier alpha value is -4.89. The number of aliphatic carboxylic acids is 1. The molecule has 0 aliphatic carbocycles. The summed E-state index contributed by atoms with van der Waals surface area (Å²) in [5, 5.41) is 12.2. The predicted molar refractivity (Wildman–Crippen MR) is 196 cm³/mol. The quantitative estimate of drug-likeness (QED) is 0.353. The summed E-state index contributed by atoms with van der Waals surface area (Å²) in [7, 11) is 1.65. The maximum atomic E-state index is 14.2. The van der Waals surface area contributed by atoms with Crippen molar-refractivity contribution in [1.82, 2.24) is 29.1 Å². The Kier molecular flexibility index (Phi) is 10.7. The fraction of sp³-hybridized carbons (Fsp3) is 0.553. The number of hydrogen-bond acceptors (Lipinski definition) is 9. The second kappa shape index (κ2) is 15.6. The number of urea groups is 1. The predicted octanol–water partition coefficient (Wildman–Crippen LogP) is 2.74. The number of carbonyl (C=O) groups is 4. The van der Waals surface area contributed by atoms with Crippen molar-refractivity contribution in [3.63, 3.8) is 0 Å². The lowest BCUT2D eigenvalue weighted by Crippen LogP contribution is -2.56. The lowest BCUT2D eigenvalue weighted by molar-refractivity contribution is -0.143. The summed E-state index contributed by atoms with van der Waals surface area (Å²) in [4.78, 5) is 74.1. The van der Waals surface area contributed by atoms with Crippen LogP contribution in [-0.4, -0.2) is 142 Å². The number of carboxylic acid groups (broad SMARTS) is 1. The Morgan fingerprint density at radius 2 is 1.60 bits per heavy atom. The van der Waals surface area contributed by atoms with Crippen LogP contribution in [0.5, 0.6) is 0 Å². The zero-order valence-corrected chi connectivity index (χ0v) is 30.5. The van der Waals surface area contributed by atoms with E-state index in [1.54, 1.807) is 22.9 Å². The number of carboxylic acids is 1. The van der Waals surface area contributed by atoms with Crippen LogP contribution < -0.4 is 11.1 Å². The summed E-state index contributed by atoms with van der Waals surface area (Å²) in [5.41, 5.74) is 4.55. The number of para-hydroxylation sites is 1. The monoisotopic (exact) mass is 731 g/mol. The normalized spacial score (nSPS) is 20.2. The van der Waals surface area contributed by atoms with E-state index in [2.05, 4.69) is 10.2 Å². The highest BCUT2D eigenvalue weighted by atomic mass is 16.6. The van der Waals surface area contributed by atoms with Gasteiger partial charge in [-0.25, -0.2) is 14.4 Å². The summed E-state index contributed by atoms with van der Waals surface area (Å²) < 4.78 is 13.0. The second-order valence-electron chi connectivity index (χ2n) is 14.8. The number of benzene rings is 2. The third-order valence-corrected chi connectivity index (χ3v) is 11.4. The highest BCUT2D eigenvalue weighted by Crippen LogP contribution is 2.27. The first-order valence-electron chi connectivity index (χ1n) is 18.7. The van der Waals surface area contributed by atoms with E-state index in [-0.39, 0.29) is 30.9 Å². The van der Waals surface area contributed by atoms with E-state index in [4.69, 9.17) is 14.3 Å². The average Bonchev–Trinajstić information content (AvgIpc) is 3.33. The molecule has 0 bridgehead atoms. The van der Waals surface area contributed by atoms with E-state index in [1.165, 1.54) is 4.57 Å². The maximum absolute atomic E-state index is 14.2. The summed E-state index contributed by atoms with van der Waals surface area (Å²) in [5.74, 6) is -1.56. The Morgan fingerprint density at radius 1 is 0.906 bits per heavy atom. The molecule has 0 spiro atoms. The molecule has 4 amide bonds. The Balaban J connectivity index is 1.00. The zero-order chi connectivity index (χ0) is 37.2. The molecule has 1 aromatic heterocycles. The van der Waals surface area contributed by atoms with E-state index in [0.717, 1.165) is 49.2 Å². The molecular formula is C38H49N7O8. The molecule has 4 aliphatic heterocycles. The molecule has 2 N–H and O–H groups in total. The second-order valence-corrected chi connectivity index (χ2v) is 14.8. The topological polar surface area (TPSA) is 161 Å². The van der Waals surface area contributed by atoms with E-state index >= 15 is 0 Å². The molecule has 15 heteroatoms. The van der Waals surface area contributed by atoms with Crippen molar-refractivity contribution in [3.8, 4) is 0 Å². The SMILES string of the molecule is Cc1cc(C[C@@H](OC(=O)N2CCC(N3CCc4ccccc4NC3=O)CC2)C(=O)N2CCN(C3CCN(CC(=O)O)CC3)CC2)cc2oc(=O)n(C)c12. The van der Waals surface area contributed by atoms with Gasteiger partial charge in [0.05, 0.1) is 12.1 Å². The van der Waals surface area contributed by atoms with Crippen molar-refractivity contribution in [2.45, 2.75) is 63.6 Å². The largest absolute Gasteiger partial charge is 0.480 e. The molecule has 1 atom stereocenters. The van der Waals surface area contributed by atoms with Gasteiger partial charge in [-0.3, -0.25) is 24.0 Å². The van der Waals surface area contributed by atoms with Crippen molar-refractivity contribution in [1.29, 1.82) is 0 Å². The first-order chi connectivity index (χ1) is 25.5. The van der Waals surface area contributed by atoms with Crippen LogP contribution in [0, 0.1) is 6.92 Å². The molecular weight excluding hydrogens is 682 g/mol. The van der Waals surface area contributed by atoms with E-state index in [0.29, 0.717) is 81.4 Å². The summed E-state index contributed by atoms with van der Waals surface area (Å²) in [6.07, 6.45) is 2.16. The van der Waals surface area contributed by atoms with E-state index < -0.39 is 23.9 Å². The molecule has 2 aromatic carbocycles. The number of rotatable bonds is 8. The van der Waals surface area contributed by atoms with Crippen LogP contribution >= 0.6 is 0 Å². The standard InChI is InChI=1S/C38H49N7O8/c1-25-21-26(22-31-34(25)40(2)37(50)52-31)23-32(35(48)43-19-17-42(18-20-43)28-8-12-41(13-9-28)24-33(46)47)53-38(51)44-14-10-29(11-15-44)45-16-7-27-5-3-4-6-30(27)39-36(45)49/h3-6,21-22,28-29,32H,7-20,23-24H2,1-2H3,(H,39,49)(H,46,47)/t32-/m1/s1. The number of amides is 4. The number of piperidine rings is 2. The number of aryl methyl sites for hydroxylation is 2. The molecule has 0 saturated carbocycles. The number of nitrogens with zero attached hydrogens (tertiary/aromatic N) is 6. The third kappa shape index (κ3) is 8.05. The minimum absolute atomic E-state index is 0.0262. The number of carbonyl (C=O) groups excluding carboxylic acids is 3. The number of anilines is 1. The molecule has 15 nitrogen and oxygen atoms in total. The highest BCUT2D eigenvalue weighted by molar-refractivity contribution is 5.91. The number of likely N-dealkylation sites (tertiary alicyclic amines) is 2. The van der Waals surface area contributed by atoms with E-state index in [1.807, 2.05) is 47.1 Å². The lowest BCUT2D eigenvalue weighted by atomic mass is 10.0. The Morgan fingerprint density at radius 3 is 2.32 bits per heavy atom. The fourth-order valence-corrected chi connectivity index (χ4v) is 8.53. The first kappa shape index (κ1) is 36.5. The van der Waals surface area contributed by atoms with Gasteiger partial charge in [-0.2, -0.15) is 0 Å². The number of nitrogens with one attached hydrogen (secondary N) is 1. The molecule has 4 aliphatic rings. The molecule has 3 aromatic rings. The minimum Gasteiger partial charge on any atom is -0.480 e. The van der Waals surface area contributed by atoms with Gasteiger partial charge in [0.1, 0.15) is 0 Å². The summed E-state index contributed by atoms with van der Waals surface area (Å²) in [6, 6.07) is 11.6. The van der Waals surface area contributed by atoms with Gasteiger partial charge in [-0.05, 0) is 67.9 Å². The van der Waals surface area contributed by atoms with Gasteiger partial charge in [-0.1, -0.05) is 24.3 Å². The number of hydrogen-bond donors (Lipinski definition) is 2. The van der Waals surface area contributed by atoms with Crippen molar-refractivity contribution < 1.29 is 33.4 Å².